The fourth-order valence-corrected chi connectivity index (χ4v) is 6.63. The van der Waals surface area contributed by atoms with Crippen molar-refractivity contribution in [1.82, 2.24) is 14.8 Å². The van der Waals surface area contributed by atoms with Gasteiger partial charge >= 0.3 is 5.97 Å². The second-order valence-corrected chi connectivity index (χ2v) is 10.9. The summed E-state index contributed by atoms with van der Waals surface area (Å²) in [5.74, 6) is 1.21. The number of ether oxygens (including phenoxy) is 2. The summed E-state index contributed by atoms with van der Waals surface area (Å²) in [6.45, 7) is 3.67. The first-order valence-electron chi connectivity index (χ1n) is 11.9. The summed E-state index contributed by atoms with van der Waals surface area (Å²) in [5, 5.41) is 13.2. The Hall–Kier alpha value is -1.91. The molecule has 2 fully saturated rings. The van der Waals surface area contributed by atoms with E-state index in [1.54, 1.807) is 6.92 Å². The molecule has 10 heteroatoms. The Bertz CT molecular complexity index is 1020. The van der Waals surface area contributed by atoms with Gasteiger partial charge in [0.15, 0.2) is 5.16 Å². The molecule has 1 aliphatic heterocycles. The molecule has 5 rings (SSSR count). The molecular weight excluding hydrogens is 460 g/mol. The van der Waals surface area contributed by atoms with E-state index in [1.165, 1.54) is 28.0 Å². The van der Waals surface area contributed by atoms with Crippen molar-refractivity contribution in [3.63, 3.8) is 0 Å². The van der Waals surface area contributed by atoms with Gasteiger partial charge in [-0.2, -0.15) is 0 Å². The summed E-state index contributed by atoms with van der Waals surface area (Å²) >= 11 is 2.91. The van der Waals surface area contributed by atoms with Crippen molar-refractivity contribution in [2.75, 3.05) is 24.3 Å². The number of aryl methyl sites for hydroxylation is 1. The van der Waals surface area contributed by atoms with Gasteiger partial charge in [0.25, 0.3) is 0 Å². The number of carbonyl (C=O) groups excluding carboxylic acids is 2. The first-order chi connectivity index (χ1) is 16.1. The van der Waals surface area contributed by atoms with Crippen molar-refractivity contribution < 1.29 is 19.1 Å². The minimum atomic E-state index is -0.342. The first kappa shape index (κ1) is 22.9. The highest BCUT2D eigenvalue weighted by molar-refractivity contribution is 7.99. The van der Waals surface area contributed by atoms with E-state index in [0.717, 1.165) is 81.1 Å². The predicted octanol–water partition coefficient (Wildman–Crippen LogP) is 4.18. The molecule has 1 saturated heterocycles. The summed E-state index contributed by atoms with van der Waals surface area (Å²) in [4.78, 5) is 26.7. The average Bonchev–Trinajstić information content (AvgIpc) is 3.20. The number of thiophene rings is 1. The molecule has 178 valence electrons. The van der Waals surface area contributed by atoms with Crippen LogP contribution in [0.3, 0.4) is 0 Å². The number of carbonyl (C=O) groups is 2. The van der Waals surface area contributed by atoms with Crippen LogP contribution >= 0.6 is 23.1 Å². The highest BCUT2D eigenvalue weighted by atomic mass is 32.2. The van der Waals surface area contributed by atoms with Crippen LogP contribution < -0.4 is 5.32 Å². The molecule has 1 amide bonds. The third-order valence-electron chi connectivity index (χ3n) is 6.33. The van der Waals surface area contributed by atoms with Gasteiger partial charge in [-0.3, -0.25) is 4.79 Å². The second-order valence-electron chi connectivity index (χ2n) is 8.83. The lowest BCUT2D eigenvalue weighted by atomic mass is 9.95. The van der Waals surface area contributed by atoms with Crippen LogP contribution in [-0.2, 0) is 33.7 Å². The Balaban J connectivity index is 1.28. The third kappa shape index (κ3) is 5.12. The molecule has 3 heterocycles. The van der Waals surface area contributed by atoms with Crippen LogP contribution in [0.1, 0.15) is 78.0 Å². The average molecular weight is 491 g/mol. The van der Waals surface area contributed by atoms with Crippen LogP contribution in [-0.4, -0.2) is 51.7 Å². The van der Waals surface area contributed by atoms with Gasteiger partial charge in [0.2, 0.25) is 5.91 Å². The number of nitrogens with one attached hydrogen (secondary N) is 1. The molecule has 2 aromatic rings. The predicted molar refractivity (Wildman–Crippen MR) is 127 cm³/mol. The van der Waals surface area contributed by atoms with Crippen molar-refractivity contribution in [3.05, 3.63) is 21.8 Å². The summed E-state index contributed by atoms with van der Waals surface area (Å²) < 4.78 is 13.3. The molecule has 8 nitrogen and oxygen atoms in total. The van der Waals surface area contributed by atoms with E-state index in [9.17, 15) is 9.59 Å². The third-order valence-corrected chi connectivity index (χ3v) is 8.51. The Morgan fingerprint density at radius 3 is 2.82 bits per heavy atom. The Labute approximate surface area is 201 Å². The Morgan fingerprint density at radius 1 is 1.21 bits per heavy atom. The van der Waals surface area contributed by atoms with Crippen LogP contribution in [0.2, 0.25) is 0 Å². The molecule has 2 aliphatic carbocycles. The molecule has 3 aliphatic rings. The molecule has 1 unspecified atom stereocenters. The van der Waals surface area contributed by atoms with Crippen molar-refractivity contribution in [1.29, 1.82) is 0 Å². The van der Waals surface area contributed by atoms with E-state index in [-0.39, 0.29) is 23.7 Å². The fraction of sp³-hybridized carbons (Fsp3) is 0.652. The number of anilines is 1. The zero-order chi connectivity index (χ0) is 22.8. The van der Waals surface area contributed by atoms with Gasteiger partial charge in [0.1, 0.15) is 10.8 Å². The van der Waals surface area contributed by atoms with Crippen LogP contribution in [0, 0.1) is 0 Å². The largest absolute Gasteiger partial charge is 0.462 e. The molecule has 0 aromatic carbocycles. The van der Waals surface area contributed by atoms with Gasteiger partial charge in [0, 0.05) is 17.4 Å². The summed E-state index contributed by atoms with van der Waals surface area (Å²) in [5.41, 5.74) is 1.60. The summed E-state index contributed by atoms with van der Waals surface area (Å²) in [6.07, 6.45) is 8.61. The number of thioether (sulfide) groups is 1. The normalized spacial score (nSPS) is 20.0. The van der Waals surface area contributed by atoms with Crippen molar-refractivity contribution in [3.8, 4) is 0 Å². The SMILES string of the molecule is CCOC(=O)c1c(NC(=O)CSc2nnc(C3CC3)n2CC2CCCO2)sc2c1CCCC2. The van der Waals surface area contributed by atoms with Crippen molar-refractivity contribution >= 4 is 40.0 Å². The number of aromatic nitrogens is 3. The number of nitrogens with zero attached hydrogens (tertiary/aromatic N) is 3. The number of hydrogen-bond acceptors (Lipinski definition) is 8. The highest BCUT2D eigenvalue weighted by Gasteiger charge is 2.32. The maximum Gasteiger partial charge on any atom is 0.341 e. The standard InChI is InChI=1S/C23H30N4O4S2/c1-2-30-22(29)19-16-7-3-4-8-17(16)33-21(19)24-18(28)13-32-23-26-25-20(14-9-10-14)27(23)12-15-6-5-11-31-15/h14-15H,2-13H2,1H3,(H,24,28). The summed E-state index contributed by atoms with van der Waals surface area (Å²) in [7, 11) is 0. The molecule has 1 saturated carbocycles. The minimum absolute atomic E-state index is 0.149. The Kier molecular flexibility index (Phi) is 7.03. The number of fused-ring (bicyclic) bond motifs is 1. The number of amides is 1. The maximum atomic E-state index is 12.9. The van der Waals surface area contributed by atoms with Gasteiger partial charge in [-0.15, -0.1) is 21.5 Å². The smallest absolute Gasteiger partial charge is 0.341 e. The highest BCUT2D eigenvalue weighted by Crippen LogP contribution is 2.41. The van der Waals surface area contributed by atoms with E-state index in [0.29, 0.717) is 23.1 Å². The molecule has 1 N–H and O–H groups in total. The van der Waals surface area contributed by atoms with Gasteiger partial charge in [-0.05, 0) is 63.9 Å². The van der Waals surface area contributed by atoms with Crippen molar-refractivity contribution in [2.24, 2.45) is 0 Å². The molecule has 0 radical (unpaired) electrons. The molecule has 0 spiro atoms. The van der Waals surface area contributed by atoms with Gasteiger partial charge in [-0.1, -0.05) is 11.8 Å². The van der Waals surface area contributed by atoms with Gasteiger partial charge in [-0.25, -0.2) is 4.79 Å². The summed E-state index contributed by atoms with van der Waals surface area (Å²) in [6, 6.07) is 0. The van der Waals surface area contributed by atoms with E-state index in [1.807, 2.05) is 0 Å². The second kappa shape index (κ2) is 10.1. The van der Waals surface area contributed by atoms with Crippen LogP contribution in [0.5, 0.6) is 0 Å². The first-order valence-corrected chi connectivity index (χ1v) is 13.7. The van der Waals surface area contributed by atoms with E-state index < -0.39 is 0 Å². The monoisotopic (exact) mass is 490 g/mol. The van der Waals surface area contributed by atoms with Crippen LogP contribution in [0.15, 0.2) is 5.16 Å². The lowest BCUT2D eigenvalue weighted by molar-refractivity contribution is -0.113. The number of rotatable bonds is 9. The molecule has 0 bridgehead atoms. The minimum Gasteiger partial charge on any atom is -0.462 e. The maximum absolute atomic E-state index is 12.9. The quantitative estimate of drug-likeness (QED) is 0.416. The number of hydrogen-bond donors (Lipinski definition) is 1. The van der Waals surface area contributed by atoms with E-state index >= 15 is 0 Å². The van der Waals surface area contributed by atoms with Gasteiger partial charge < -0.3 is 19.4 Å². The van der Waals surface area contributed by atoms with E-state index in [2.05, 4.69) is 20.1 Å². The van der Waals surface area contributed by atoms with E-state index in [4.69, 9.17) is 9.47 Å². The number of esters is 1. The van der Waals surface area contributed by atoms with Gasteiger partial charge in [0.05, 0.1) is 30.6 Å². The molecular formula is C23H30N4O4S2. The Morgan fingerprint density at radius 2 is 2.06 bits per heavy atom. The van der Waals surface area contributed by atoms with Crippen molar-refractivity contribution in [2.45, 2.75) is 82.0 Å². The zero-order valence-corrected chi connectivity index (χ0v) is 20.6. The molecule has 2 aromatic heterocycles. The molecule has 1 atom stereocenters. The van der Waals surface area contributed by atoms with Crippen LogP contribution in [0.25, 0.3) is 0 Å². The fourth-order valence-electron chi connectivity index (χ4n) is 4.58. The topological polar surface area (TPSA) is 95.3 Å². The zero-order valence-electron chi connectivity index (χ0n) is 18.9. The lowest BCUT2D eigenvalue weighted by Gasteiger charge is -2.14. The lowest BCUT2D eigenvalue weighted by Crippen LogP contribution is -2.19. The van der Waals surface area contributed by atoms with Crippen LogP contribution in [0.4, 0.5) is 5.00 Å². The molecule has 33 heavy (non-hydrogen) atoms.